The van der Waals surface area contributed by atoms with Crippen molar-refractivity contribution in [2.75, 3.05) is 19.6 Å². The van der Waals surface area contributed by atoms with Gasteiger partial charge < -0.3 is 10.6 Å². The molecule has 3 aromatic rings. The molecule has 0 unspecified atom stereocenters. The predicted octanol–water partition coefficient (Wildman–Crippen LogP) is 2.83. The smallest absolute Gasteiger partial charge is 0.222 e. The molecule has 0 spiro atoms. The van der Waals surface area contributed by atoms with E-state index in [-0.39, 0.29) is 5.91 Å². The average molecular weight is 362 g/mol. The molecule has 140 valence electrons. The molecule has 3 rings (SSSR count). The number of hydrogen-bond acceptors (Lipinski definition) is 3. The van der Waals surface area contributed by atoms with E-state index >= 15 is 0 Å². The molecule has 2 N–H and O–H groups in total. The van der Waals surface area contributed by atoms with Crippen molar-refractivity contribution in [3.8, 4) is 5.69 Å². The standard InChI is InChI=1S/C22H26N4O/c23-14-16-25(15-13-19-7-3-1-4-8-19)22(27)12-11-20-17-24-26(18-20)21-9-5-2-6-10-21/h1-10,17-18H,11-16,23H2. The van der Waals surface area contributed by atoms with Crippen LogP contribution < -0.4 is 5.73 Å². The molecule has 0 saturated carbocycles. The molecule has 0 saturated heterocycles. The van der Waals surface area contributed by atoms with Crippen LogP contribution in [0.3, 0.4) is 0 Å². The molecular weight excluding hydrogens is 336 g/mol. The van der Waals surface area contributed by atoms with Crippen LogP contribution in [0.5, 0.6) is 0 Å². The number of rotatable bonds is 9. The van der Waals surface area contributed by atoms with Crippen LogP contribution in [0.1, 0.15) is 17.5 Å². The molecule has 1 heterocycles. The third kappa shape index (κ3) is 5.53. The first-order chi connectivity index (χ1) is 13.3. The van der Waals surface area contributed by atoms with E-state index in [0.29, 0.717) is 32.5 Å². The molecule has 1 amide bonds. The predicted molar refractivity (Wildman–Crippen MR) is 108 cm³/mol. The van der Waals surface area contributed by atoms with E-state index in [1.807, 2.05) is 70.5 Å². The van der Waals surface area contributed by atoms with Crippen molar-refractivity contribution in [3.05, 3.63) is 84.2 Å². The molecule has 0 radical (unpaired) electrons. The fourth-order valence-electron chi connectivity index (χ4n) is 3.05. The minimum absolute atomic E-state index is 0.142. The molecule has 5 nitrogen and oxygen atoms in total. The van der Waals surface area contributed by atoms with E-state index in [1.54, 1.807) is 0 Å². The second-order valence-corrected chi connectivity index (χ2v) is 6.53. The van der Waals surface area contributed by atoms with Crippen LogP contribution in [0.25, 0.3) is 5.69 Å². The number of amides is 1. The maximum Gasteiger partial charge on any atom is 0.222 e. The van der Waals surface area contributed by atoms with Crippen molar-refractivity contribution in [1.82, 2.24) is 14.7 Å². The van der Waals surface area contributed by atoms with Gasteiger partial charge in [-0.3, -0.25) is 4.79 Å². The summed E-state index contributed by atoms with van der Waals surface area (Å²) >= 11 is 0. The summed E-state index contributed by atoms with van der Waals surface area (Å²) in [6, 6.07) is 20.2. The van der Waals surface area contributed by atoms with Gasteiger partial charge in [0.25, 0.3) is 0 Å². The van der Waals surface area contributed by atoms with Gasteiger partial charge in [-0.2, -0.15) is 5.10 Å². The second kappa shape index (κ2) is 9.69. The van der Waals surface area contributed by atoms with Crippen LogP contribution in [0.4, 0.5) is 0 Å². The van der Waals surface area contributed by atoms with Crippen LogP contribution >= 0.6 is 0 Å². The Balaban J connectivity index is 1.54. The molecule has 0 aliphatic heterocycles. The lowest BCUT2D eigenvalue weighted by Gasteiger charge is -2.22. The Morgan fingerprint density at radius 3 is 2.33 bits per heavy atom. The Morgan fingerprint density at radius 2 is 1.63 bits per heavy atom. The third-order valence-corrected chi connectivity index (χ3v) is 4.55. The third-order valence-electron chi connectivity index (χ3n) is 4.55. The minimum atomic E-state index is 0.142. The molecule has 0 aliphatic carbocycles. The Hall–Kier alpha value is -2.92. The van der Waals surface area contributed by atoms with Crippen molar-refractivity contribution in [1.29, 1.82) is 0 Å². The highest BCUT2D eigenvalue weighted by atomic mass is 16.2. The van der Waals surface area contributed by atoms with Gasteiger partial charge in [0.1, 0.15) is 0 Å². The average Bonchev–Trinajstić information content (AvgIpc) is 3.20. The van der Waals surface area contributed by atoms with Gasteiger partial charge in [-0.1, -0.05) is 48.5 Å². The fourth-order valence-corrected chi connectivity index (χ4v) is 3.05. The lowest BCUT2D eigenvalue weighted by atomic mass is 10.1. The molecule has 0 bridgehead atoms. The number of aromatic nitrogens is 2. The SMILES string of the molecule is NCCN(CCc1ccccc1)C(=O)CCc1cnn(-c2ccccc2)c1. The van der Waals surface area contributed by atoms with Gasteiger partial charge >= 0.3 is 0 Å². The summed E-state index contributed by atoms with van der Waals surface area (Å²) in [5, 5.41) is 4.39. The number of nitrogens with zero attached hydrogens (tertiary/aromatic N) is 3. The quantitative estimate of drug-likeness (QED) is 0.637. The zero-order chi connectivity index (χ0) is 18.9. The van der Waals surface area contributed by atoms with Gasteiger partial charge in [-0.15, -0.1) is 0 Å². The number of carbonyl (C=O) groups is 1. The molecule has 27 heavy (non-hydrogen) atoms. The summed E-state index contributed by atoms with van der Waals surface area (Å²) in [5.74, 6) is 0.142. The van der Waals surface area contributed by atoms with Gasteiger partial charge in [-0.05, 0) is 36.1 Å². The lowest BCUT2D eigenvalue weighted by Crippen LogP contribution is -2.37. The topological polar surface area (TPSA) is 64.2 Å². The van der Waals surface area contributed by atoms with Crippen molar-refractivity contribution < 1.29 is 4.79 Å². The van der Waals surface area contributed by atoms with Crippen LogP contribution in [-0.4, -0.2) is 40.2 Å². The summed E-state index contributed by atoms with van der Waals surface area (Å²) in [6.07, 6.45) is 5.81. The number of hydrogen-bond donors (Lipinski definition) is 1. The molecule has 2 aromatic carbocycles. The fraction of sp³-hybridized carbons (Fsp3) is 0.273. The molecular formula is C22H26N4O. The summed E-state index contributed by atoms with van der Waals surface area (Å²) in [6.45, 7) is 1.77. The van der Waals surface area contributed by atoms with Crippen molar-refractivity contribution in [2.24, 2.45) is 5.73 Å². The van der Waals surface area contributed by atoms with Crippen molar-refractivity contribution >= 4 is 5.91 Å². The van der Waals surface area contributed by atoms with E-state index in [1.165, 1.54) is 5.56 Å². The van der Waals surface area contributed by atoms with Crippen LogP contribution in [-0.2, 0) is 17.6 Å². The lowest BCUT2D eigenvalue weighted by molar-refractivity contribution is -0.131. The summed E-state index contributed by atoms with van der Waals surface area (Å²) < 4.78 is 1.84. The normalized spacial score (nSPS) is 10.7. The van der Waals surface area contributed by atoms with Crippen LogP contribution in [0, 0.1) is 0 Å². The van der Waals surface area contributed by atoms with Gasteiger partial charge in [0.15, 0.2) is 0 Å². The van der Waals surface area contributed by atoms with Gasteiger partial charge in [-0.25, -0.2) is 4.68 Å². The van der Waals surface area contributed by atoms with Crippen LogP contribution in [0.2, 0.25) is 0 Å². The number of carbonyl (C=O) groups excluding carboxylic acids is 1. The number of aryl methyl sites for hydroxylation is 1. The zero-order valence-corrected chi connectivity index (χ0v) is 15.5. The monoisotopic (exact) mass is 362 g/mol. The molecule has 0 fully saturated rings. The van der Waals surface area contributed by atoms with E-state index in [0.717, 1.165) is 17.7 Å². The molecule has 1 aromatic heterocycles. The highest BCUT2D eigenvalue weighted by Gasteiger charge is 2.13. The largest absolute Gasteiger partial charge is 0.341 e. The zero-order valence-electron chi connectivity index (χ0n) is 15.5. The van der Waals surface area contributed by atoms with Crippen LogP contribution in [0.15, 0.2) is 73.1 Å². The van der Waals surface area contributed by atoms with Gasteiger partial charge in [0.05, 0.1) is 11.9 Å². The maximum absolute atomic E-state index is 12.6. The highest BCUT2D eigenvalue weighted by Crippen LogP contribution is 2.10. The minimum Gasteiger partial charge on any atom is -0.341 e. The Bertz CT molecular complexity index is 830. The molecule has 5 heteroatoms. The van der Waals surface area contributed by atoms with Gasteiger partial charge in [0.2, 0.25) is 5.91 Å². The second-order valence-electron chi connectivity index (χ2n) is 6.53. The first-order valence-corrected chi connectivity index (χ1v) is 9.37. The first-order valence-electron chi connectivity index (χ1n) is 9.37. The maximum atomic E-state index is 12.6. The number of nitrogens with two attached hydrogens (primary N) is 1. The first kappa shape index (κ1) is 18.9. The van der Waals surface area contributed by atoms with Crippen molar-refractivity contribution in [3.63, 3.8) is 0 Å². The Labute approximate surface area is 160 Å². The van der Waals surface area contributed by atoms with Gasteiger partial charge in [0, 0.05) is 32.3 Å². The Morgan fingerprint density at radius 1 is 0.926 bits per heavy atom. The summed E-state index contributed by atoms with van der Waals surface area (Å²) in [5.41, 5.74) is 9.01. The van der Waals surface area contributed by atoms with E-state index < -0.39 is 0 Å². The number of benzene rings is 2. The van der Waals surface area contributed by atoms with Crippen molar-refractivity contribution in [2.45, 2.75) is 19.3 Å². The van der Waals surface area contributed by atoms with E-state index in [9.17, 15) is 4.79 Å². The summed E-state index contributed by atoms with van der Waals surface area (Å²) in [7, 11) is 0. The summed E-state index contributed by atoms with van der Waals surface area (Å²) in [4.78, 5) is 14.5. The highest BCUT2D eigenvalue weighted by molar-refractivity contribution is 5.76. The Kier molecular flexibility index (Phi) is 6.77. The molecule has 0 atom stereocenters. The molecule has 0 aliphatic rings. The van der Waals surface area contributed by atoms with E-state index in [4.69, 9.17) is 5.73 Å². The number of para-hydroxylation sites is 1. The van der Waals surface area contributed by atoms with E-state index in [2.05, 4.69) is 17.2 Å².